The highest BCUT2D eigenvalue weighted by atomic mass is 32.2. The van der Waals surface area contributed by atoms with Crippen LogP contribution in [0.5, 0.6) is 0 Å². The van der Waals surface area contributed by atoms with Gasteiger partial charge in [0.2, 0.25) is 10.0 Å². The molecule has 132 valence electrons. The van der Waals surface area contributed by atoms with Gasteiger partial charge in [-0.2, -0.15) is 0 Å². The number of urea groups is 1. The van der Waals surface area contributed by atoms with Crippen LogP contribution in [0.25, 0.3) is 0 Å². The fraction of sp³-hybridized carbons (Fsp3) is 0.588. The van der Waals surface area contributed by atoms with Crippen molar-refractivity contribution in [2.75, 3.05) is 31.2 Å². The number of anilines is 1. The van der Waals surface area contributed by atoms with Crippen LogP contribution in [0.1, 0.15) is 30.4 Å². The van der Waals surface area contributed by atoms with Gasteiger partial charge >= 0.3 is 6.03 Å². The van der Waals surface area contributed by atoms with E-state index >= 15 is 0 Å². The number of amides is 2. The molecule has 24 heavy (non-hydrogen) atoms. The lowest BCUT2D eigenvalue weighted by Gasteiger charge is -2.30. The second kappa shape index (κ2) is 7.11. The van der Waals surface area contributed by atoms with Crippen LogP contribution < -0.4 is 10.6 Å². The van der Waals surface area contributed by atoms with E-state index < -0.39 is 10.0 Å². The first kappa shape index (κ1) is 17.2. The van der Waals surface area contributed by atoms with Gasteiger partial charge in [0.25, 0.3) is 0 Å². The second-order valence-corrected chi connectivity index (χ2v) is 8.78. The zero-order chi connectivity index (χ0) is 17.2. The summed E-state index contributed by atoms with van der Waals surface area (Å²) in [5.41, 5.74) is 3.52. The molecule has 1 fully saturated rings. The zero-order valence-electron chi connectivity index (χ0n) is 14.0. The fourth-order valence-corrected chi connectivity index (χ4v) is 4.50. The normalized spacial score (nSPS) is 21.3. The molecule has 0 bridgehead atoms. The number of hydrogen-bond donors (Lipinski definition) is 2. The van der Waals surface area contributed by atoms with Gasteiger partial charge in [-0.25, -0.2) is 17.5 Å². The van der Waals surface area contributed by atoms with E-state index in [0.717, 1.165) is 31.4 Å². The Hall–Kier alpha value is -1.60. The highest BCUT2D eigenvalue weighted by molar-refractivity contribution is 7.88. The third-order valence-corrected chi connectivity index (χ3v) is 6.13. The van der Waals surface area contributed by atoms with Crippen LogP contribution in [0, 0.1) is 5.92 Å². The first-order valence-electron chi connectivity index (χ1n) is 8.53. The number of nitrogens with zero attached hydrogens (tertiary/aromatic N) is 1. The molecule has 2 aliphatic rings. The lowest BCUT2D eigenvalue weighted by molar-refractivity contribution is 0.239. The predicted octanol–water partition coefficient (Wildman–Crippen LogP) is 1.97. The van der Waals surface area contributed by atoms with E-state index in [-0.39, 0.29) is 11.9 Å². The topological polar surface area (TPSA) is 78.5 Å². The van der Waals surface area contributed by atoms with Gasteiger partial charge in [-0.1, -0.05) is 6.07 Å². The van der Waals surface area contributed by atoms with Gasteiger partial charge in [0.1, 0.15) is 0 Å². The Kier molecular flexibility index (Phi) is 5.10. The molecular formula is C17H25N3O3S. The van der Waals surface area contributed by atoms with Crippen molar-refractivity contribution in [1.82, 2.24) is 9.62 Å². The lowest BCUT2D eigenvalue weighted by atomic mass is 10.00. The number of sulfonamides is 1. The molecule has 1 saturated heterocycles. The minimum absolute atomic E-state index is 0.166. The van der Waals surface area contributed by atoms with Gasteiger partial charge in [0.05, 0.1) is 6.26 Å². The van der Waals surface area contributed by atoms with Crippen LogP contribution in [-0.2, 0) is 22.9 Å². The van der Waals surface area contributed by atoms with Crippen molar-refractivity contribution < 1.29 is 13.2 Å². The van der Waals surface area contributed by atoms with E-state index in [1.54, 1.807) is 0 Å². The quantitative estimate of drug-likeness (QED) is 0.870. The summed E-state index contributed by atoms with van der Waals surface area (Å²) >= 11 is 0. The van der Waals surface area contributed by atoms with Crippen LogP contribution >= 0.6 is 0 Å². The summed E-state index contributed by atoms with van der Waals surface area (Å²) in [7, 11) is -3.15. The molecule has 1 aliphatic carbocycles. The van der Waals surface area contributed by atoms with Crippen LogP contribution in [0.3, 0.4) is 0 Å². The summed E-state index contributed by atoms with van der Waals surface area (Å²) in [5.74, 6) is 0.166. The Bertz CT molecular complexity index is 718. The maximum Gasteiger partial charge on any atom is 0.319 e. The largest absolute Gasteiger partial charge is 0.338 e. The molecule has 0 radical (unpaired) electrons. The average molecular weight is 351 g/mol. The molecule has 1 aliphatic heterocycles. The number of carbonyl (C=O) groups excluding carboxylic acids is 1. The Balaban J connectivity index is 1.49. The van der Waals surface area contributed by atoms with E-state index in [1.807, 2.05) is 12.1 Å². The standard InChI is InChI=1S/C17H25N3O3S/c1-24(22,23)20-9-3-4-13(12-20)11-18-17(21)19-16-8-7-14-5-2-6-15(14)10-16/h7-8,10,13H,2-6,9,11-12H2,1H3,(H2,18,19,21)/t13-/m0/s1. The molecule has 2 N–H and O–H groups in total. The highest BCUT2D eigenvalue weighted by Crippen LogP contribution is 2.25. The molecule has 0 aromatic heterocycles. The van der Waals surface area contributed by atoms with E-state index in [4.69, 9.17) is 0 Å². The number of rotatable bonds is 4. The van der Waals surface area contributed by atoms with Crippen LogP contribution in [-0.4, -0.2) is 44.6 Å². The summed E-state index contributed by atoms with van der Waals surface area (Å²) in [4.78, 5) is 12.1. The van der Waals surface area contributed by atoms with Crippen molar-refractivity contribution in [3.63, 3.8) is 0 Å². The molecule has 6 nitrogen and oxygen atoms in total. The third-order valence-electron chi connectivity index (χ3n) is 4.86. The number of hydrogen-bond acceptors (Lipinski definition) is 3. The van der Waals surface area contributed by atoms with Gasteiger partial charge in [-0.15, -0.1) is 0 Å². The first-order valence-corrected chi connectivity index (χ1v) is 10.4. The van der Waals surface area contributed by atoms with Gasteiger partial charge in [0, 0.05) is 25.3 Å². The number of benzene rings is 1. The van der Waals surface area contributed by atoms with Gasteiger partial charge in [0.15, 0.2) is 0 Å². The third kappa shape index (κ3) is 4.27. The minimum atomic E-state index is -3.15. The molecule has 0 spiro atoms. The summed E-state index contributed by atoms with van der Waals surface area (Å²) in [5, 5.41) is 5.74. The van der Waals surface area contributed by atoms with Crippen molar-refractivity contribution in [2.45, 2.75) is 32.1 Å². The summed E-state index contributed by atoms with van der Waals surface area (Å²) in [6, 6.07) is 5.84. The highest BCUT2D eigenvalue weighted by Gasteiger charge is 2.26. The van der Waals surface area contributed by atoms with Crippen LogP contribution in [0.2, 0.25) is 0 Å². The molecule has 3 rings (SSSR count). The Morgan fingerprint density at radius 2 is 2.04 bits per heavy atom. The first-order chi connectivity index (χ1) is 11.4. The van der Waals surface area contributed by atoms with Crippen molar-refractivity contribution in [3.05, 3.63) is 29.3 Å². The number of carbonyl (C=O) groups is 1. The maximum absolute atomic E-state index is 12.1. The second-order valence-electron chi connectivity index (χ2n) is 6.80. The predicted molar refractivity (Wildman–Crippen MR) is 94.6 cm³/mol. The number of nitrogens with one attached hydrogen (secondary N) is 2. The smallest absolute Gasteiger partial charge is 0.319 e. The maximum atomic E-state index is 12.1. The minimum Gasteiger partial charge on any atom is -0.338 e. The molecule has 7 heteroatoms. The molecule has 1 aromatic carbocycles. The van der Waals surface area contributed by atoms with Gasteiger partial charge in [-0.3, -0.25) is 0 Å². The lowest BCUT2D eigenvalue weighted by Crippen LogP contribution is -2.43. The monoisotopic (exact) mass is 351 g/mol. The van der Waals surface area contributed by atoms with E-state index in [1.165, 1.54) is 28.1 Å². The molecule has 1 atom stereocenters. The number of piperidine rings is 1. The molecule has 2 amide bonds. The van der Waals surface area contributed by atoms with Crippen LogP contribution in [0.4, 0.5) is 10.5 Å². The van der Waals surface area contributed by atoms with Crippen molar-refractivity contribution in [3.8, 4) is 0 Å². The van der Waals surface area contributed by atoms with Crippen molar-refractivity contribution >= 4 is 21.7 Å². The van der Waals surface area contributed by atoms with Crippen molar-refractivity contribution in [2.24, 2.45) is 5.92 Å². The average Bonchev–Trinajstić information content (AvgIpc) is 3.00. The molecular weight excluding hydrogens is 326 g/mol. The Morgan fingerprint density at radius 1 is 1.25 bits per heavy atom. The SMILES string of the molecule is CS(=O)(=O)N1CCC[C@@H](CNC(=O)Nc2ccc3c(c2)CCC3)C1. The summed E-state index contributed by atoms with van der Waals surface area (Å²) in [6.07, 6.45) is 6.40. The number of fused-ring (bicyclic) bond motifs is 1. The Morgan fingerprint density at radius 3 is 2.83 bits per heavy atom. The molecule has 1 heterocycles. The Labute approximate surface area is 143 Å². The van der Waals surface area contributed by atoms with Gasteiger partial charge < -0.3 is 10.6 Å². The van der Waals surface area contributed by atoms with E-state index in [2.05, 4.69) is 16.7 Å². The molecule has 0 unspecified atom stereocenters. The van der Waals surface area contributed by atoms with Crippen LogP contribution in [0.15, 0.2) is 18.2 Å². The molecule has 0 saturated carbocycles. The van der Waals surface area contributed by atoms with Crippen molar-refractivity contribution in [1.29, 1.82) is 0 Å². The number of aryl methyl sites for hydroxylation is 2. The fourth-order valence-electron chi connectivity index (χ4n) is 3.56. The summed E-state index contributed by atoms with van der Waals surface area (Å²) in [6.45, 7) is 1.55. The van der Waals surface area contributed by atoms with E-state index in [9.17, 15) is 13.2 Å². The van der Waals surface area contributed by atoms with E-state index in [0.29, 0.717) is 19.6 Å². The zero-order valence-corrected chi connectivity index (χ0v) is 14.9. The van der Waals surface area contributed by atoms with Gasteiger partial charge in [-0.05, 0) is 61.3 Å². The summed E-state index contributed by atoms with van der Waals surface area (Å²) < 4.78 is 24.8. The molecule has 1 aromatic rings.